The SMILES string of the molecule is O[C@H]1CCCC[C@@H]1Oc1ccc2cc(C3CC3)ncc2c1. The second-order valence-electron chi connectivity index (χ2n) is 6.40. The monoisotopic (exact) mass is 283 g/mol. The lowest BCUT2D eigenvalue weighted by Crippen LogP contribution is -2.34. The average Bonchev–Trinajstić information content (AvgIpc) is 3.34. The van der Waals surface area contributed by atoms with Crippen molar-refractivity contribution in [2.45, 2.75) is 56.7 Å². The molecule has 0 unspecified atom stereocenters. The van der Waals surface area contributed by atoms with Crippen LogP contribution in [0.3, 0.4) is 0 Å². The van der Waals surface area contributed by atoms with Gasteiger partial charge in [-0.15, -0.1) is 0 Å². The van der Waals surface area contributed by atoms with Gasteiger partial charge in [0.15, 0.2) is 0 Å². The number of fused-ring (bicyclic) bond motifs is 1. The smallest absolute Gasteiger partial charge is 0.124 e. The van der Waals surface area contributed by atoms with E-state index in [-0.39, 0.29) is 12.2 Å². The van der Waals surface area contributed by atoms with Crippen LogP contribution in [-0.4, -0.2) is 22.3 Å². The number of pyridine rings is 1. The molecule has 2 aliphatic carbocycles. The Bertz CT molecular complexity index is 651. The van der Waals surface area contributed by atoms with Crippen LogP contribution in [0, 0.1) is 0 Å². The Morgan fingerprint density at radius 1 is 1.00 bits per heavy atom. The molecule has 3 heteroatoms. The maximum atomic E-state index is 10.0. The van der Waals surface area contributed by atoms with E-state index < -0.39 is 0 Å². The van der Waals surface area contributed by atoms with Gasteiger partial charge in [0.05, 0.1) is 6.10 Å². The number of rotatable bonds is 3. The van der Waals surface area contributed by atoms with Crippen molar-refractivity contribution in [2.75, 3.05) is 0 Å². The highest BCUT2D eigenvalue weighted by Gasteiger charge is 2.26. The van der Waals surface area contributed by atoms with Crippen LogP contribution in [0.4, 0.5) is 0 Å². The molecule has 0 bridgehead atoms. The van der Waals surface area contributed by atoms with Gasteiger partial charge < -0.3 is 9.84 Å². The van der Waals surface area contributed by atoms with Crippen molar-refractivity contribution in [1.82, 2.24) is 4.98 Å². The van der Waals surface area contributed by atoms with Crippen molar-refractivity contribution in [2.24, 2.45) is 0 Å². The van der Waals surface area contributed by atoms with Crippen LogP contribution in [0.25, 0.3) is 10.8 Å². The summed E-state index contributed by atoms with van der Waals surface area (Å²) in [6, 6.07) is 8.36. The van der Waals surface area contributed by atoms with Crippen LogP contribution in [-0.2, 0) is 0 Å². The van der Waals surface area contributed by atoms with Gasteiger partial charge in [-0.3, -0.25) is 4.98 Å². The standard InChI is InChI=1S/C18H21NO2/c20-17-3-1-2-4-18(17)21-15-8-7-13-10-16(12-5-6-12)19-11-14(13)9-15/h7-12,17-18,20H,1-6H2/t17-,18-/m0/s1. The molecule has 0 amide bonds. The Morgan fingerprint density at radius 2 is 1.86 bits per heavy atom. The Balaban J connectivity index is 1.56. The highest BCUT2D eigenvalue weighted by atomic mass is 16.5. The van der Waals surface area contributed by atoms with E-state index in [0.29, 0.717) is 5.92 Å². The number of ether oxygens (including phenoxy) is 1. The van der Waals surface area contributed by atoms with Gasteiger partial charge in [0.2, 0.25) is 0 Å². The number of benzene rings is 1. The average molecular weight is 283 g/mol. The van der Waals surface area contributed by atoms with Crippen molar-refractivity contribution >= 4 is 10.8 Å². The highest BCUT2D eigenvalue weighted by molar-refractivity contribution is 5.83. The number of aliphatic hydroxyl groups excluding tert-OH is 1. The number of hydrogen-bond acceptors (Lipinski definition) is 3. The number of aliphatic hydroxyl groups is 1. The minimum atomic E-state index is -0.329. The van der Waals surface area contributed by atoms with Crippen molar-refractivity contribution < 1.29 is 9.84 Å². The maximum absolute atomic E-state index is 10.0. The molecule has 0 radical (unpaired) electrons. The normalized spacial score (nSPS) is 26.0. The van der Waals surface area contributed by atoms with E-state index in [1.54, 1.807) is 0 Å². The maximum Gasteiger partial charge on any atom is 0.124 e. The molecule has 2 fully saturated rings. The third-order valence-corrected chi connectivity index (χ3v) is 4.67. The van der Waals surface area contributed by atoms with Crippen LogP contribution in [0.5, 0.6) is 5.75 Å². The summed E-state index contributed by atoms with van der Waals surface area (Å²) in [7, 11) is 0. The molecular weight excluding hydrogens is 262 g/mol. The molecule has 1 aromatic heterocycles. The summed E-state index contributed by atoms with van der Waals surface area (Å²) in [6.07, 6.45) is 8.16. The molecule has 1 heterocycles. The Morgan fingerprint density at radius 3 is 2.67 bits per heavy atom. The zero-order chi connectivity index (χ0) is 14.2. The van der Waals surface area contributed by atoms with Crippen molar-refractivity contribution in [3.05, 3.63) is 36.2 Å². The van der Waals surface area contributed by atoms with Gasteiger partial charge in [0.25, 0.3) is 0 Å². The van der Waals surface area contributed by atoms with Crippen LogP contribution in [0.1, 0.15) is 50.1 Å². The largest absolute Gasteiger partial charge is 0.488 e. The topological polar surface area (TPSA) is 42.4 Å². The Hall–Kier alpha value is -1.61. The van der Waals surface area contributed by atoms with E-state index >= 15 is 0 Å². The lowest BCUT2D eigenvalue weighted by Gasteiger charge is -2.28. The fraction of sp³-hybridized carbons (Fsp3) is 0.500. The Labute approximate surface area is 125 Å². The summed E-state index contributed by atoms with van der Waals surface area (Å²) in [4.78, 5) is 4.57. The number of nitrogens with zero attached hydrogens (tertiary/aromatic N) is 1. The molecule has 0 spiro atoms. The molecule has 3 nitrogen and oxygen atoms in total. The third kappa shape index (κ3) is 2.75. The molecule has 2 saturated carbocycles. The predicted molar refractivity (Wildman–Crippen MR) is 82.6 cm³/mol. The molecule has 0 aliphatic heterocycles. The van der Waals surface area contributed by atoms with E-state index in [0.717, 1.165) is 36.8 Å². The molecule has 0 saturated heterocycles. The van der Waals surface area contributed by atoms with Gasteiger partial charge in [-0.25, -0.2) is 0 Å². The molecular formula is C18H21NO2. The minimum Gasteiger partial charge on any atom is -0.488 e. The number of hydrogen-bond donors (Lipinski definition) is 1. The van der Waals surface area contributed by atoms with E-state index in [1.165, 1.54) is 23.9 Å². The molecule has 2 aromatic rings. The zero-order valence-corrected chi connectivity index (χ0v) is 12.2. The molecule has 4 rings (SSSR count). The van der Waals surface area contributed by atoms with Crippen molar-refractivity contribution in [3.8, 4) is 5.75 Å². The zero-order valence-electron chi connectivity index (χ0n) is 12.2. The lowest BCUT2D eigenvalue weighted by atomic mass is 9.95. The van der Waals surface area contributed by atoms with Gasteiger partial charge in [-0.05, 0) is 55.7 Å². The first-order chi connectivity index (χ1) is 10.3. The van der Waals surface area contributed by atoms with Crippen LogP contribution >= 0.6 is 0 Å². The first-order valence-electron chi connectivity index (χ1n) is 8.04. The van der Waals surface area contributed by atoms with Crippen molar-refractivity contribution in [3.63, 3.8) is 0 Å². The van der Waals surface area contributed by atoms with Gasteiger partial charge >= 0.3 is 0 Å². The van der Waals surface area contributed by atoms with E-state index in [2.05, 4.69) is 17.1 Å². The fourth-order valence-electron chi connectivity index (χ4n) is 3.20. The molecule has 2 atom stereocenters. The van der Waals surface area contributed by atoms with Crippen molar-refractivity contribution in [1.29, 1.82) is 0 Å². The first-order valence-corrected chi connectivity index (χ1v) is 8.04. The van der Waals surface area contributed by atoms with E-state index in [4.69, 9.17) is 4.74 Å². The summed E-state index contributed by atoms with van der Waals surface area (Å²) in [5, 5.41) is 12.3. The van der Waals surface area contributed by atoms with Gasteiger partial charge in [0, 0.05) is 23.2 Å². The second-order valence-corrected chi connectivity index (χ2v) is 6.40. The third-order valence-electron chi connectivity index (χ3n) is 4.67. The fourth-order valence-corrected chi connectivity index (χ4v) is 3.20. The number of aromatic nitrogens is 1. The first kappa shape index (κ1) is 13.1. The predicted octanol–water partition coefficient (Wildman–Crippen LogP) is 3.79. The molecule has 110 valence electrons. The Kier molecular flexibility index (Phi) is 3.30. The molecule has 1 N–H and O–H groups in total. The summed E-state index contributed by atoms with van der Waals surface area (Å²) < 4.78 is 5.99. The molecule has 1 aromatic carbocycles. The van der Waals surface area contributed by atoms with E-state index in [1.807, 2.05) is 18.3 Å². The van der Waals surface area contributed by atoms with Gasteiger partial charge in [0.1, 0.15) is 11.9 Å². The molecule has 2 aliphatic rings. The second kappa shape index (κ2) is 5.30. The van der Waals surface area contributed by atoms with Gasteiger partial charge in [-0.1, -0.05) is 12.5 Å². The van der Waals surface area contributed by atoms with Crippen LogP contribution in [0.2, 0.25) is 0 Å². The van der Waals surface area contributed by atoms with Gasteiger partial charge in [-0.2, -0.15) is 0 Å². The summed E-state index contributed by atoms with van der Waals surface area (Å²) in [5.41, 5.74) is 1.22. The summed E-state index contributed by atoms with van der Waals surface area (Å²) in [5.74, 6) is 1.53. The summed E-state index contributed by atoms with van der Waals surface area (Å²) >= 11 is 0. The quantitative estimate of drug-likeness (QED) is 0.931. The highest BCUT2D eigenvalue weighted by Crippen LogP contribution is 2.39. The lowest BCUT2D eigenvalue weighted by molar-refractivity contribution is 0.00694. The summed E-state index contributed by atoms with van der Waals surface area (Å²) in [6.45, 7) is 0. The van der Waals surface area contributed by atoms with E-state index in [9.17, 15) is 5.11 Å². The molecule has 21 heavy (non-hydrogen) atoms. The van der Waals surface area contributed by atoms with Crippen LogP contribution < -0.4 is 4.74 Å². The minimum absolute atomic E-state index is 0.0603. The van der Waals surface area contributed by atoms with Crippen LogP contribution in [0.15, 0.2) is 30.5 Å².